The summed E-state index contributed by atoms with van der Waals surface area (Å²) in [6.07, 6.45) is 0.593. The van der Waals surface area contributed by atoms with Crippen molar-refractivity contribution in [1.29, 1.82) is 0 Å². The maximum atomic E-state index is 11.7. The second kappa shape index (κ2) is 9.38. The molecule has 0 aliphatic heterocycles. The molecule has 170 valence electrons. The molecule has 0 aliphatic carbocycles. The predicted molar refractivity (Wildman–Crippen MR) is 130 cm³/mol. The first kappa shape index (κ1) is 23.9. The van der Waals surface area contributed by atoms with Crippen LogP contribution in [0.15, 0.2) is 54.6 Å². The number of carbonyl (C=O) groups excluding carboxylic acids is 1. The maximum Gasteiger partial charge on any atom is 0.333 e. The molecular formula is C25H33N3O3Si. The summed E-state index contributed by atoms with van der Waals surface area (Å²) in [5.41, 5.74) is 5.01. The van der Waals surface area contributed by atoms with E-state index in [1.165, 1.54) is 0 Å². The van der Waals surface area contributed by atoms with Crippen molar-refractivity contribution < 1.29 is 14.0 Å². The normalized spacial score (nSPS) is 12.2. The summed E-state index contributed by atoms with van der Waals surface area (Å²) in [5.74, 6) is -0.371. The number of esters is 1. The van der Waals surface area contributed by atoms with Gasteiger partial charge in [0.15, 0.2) is 8.32 Å². The van der Waals surface area contributed by atoms with Crippen LogP contribution in [-0.4, -0.2) is 35.9 Å². The molecule has 0 saturated carbocycles. The number of ether oxygens (including phenoxy) is 1. The second-order valence-electron chi connectivity index (χ2n) is 9.66. The predicted octanol–water partition coefficient (Wildman–Crippen LogP) is 5.60. The third-order valence-electron chi connectivity index (χ3n) is 6.02. The minimum absolute atomic E-state index is 0.124. The molecule has 0 fully saturated rings. The van der Waals surface area contributed by atoms with Gasteiger partial charge in [0, 0.05) is 17.6 Å². The van der Waals surface area contributed by atoms with E-state index in [4.69, 9.17) is 9.16 Å². The first-order valence-corrected chi connectivity index (χ1v) is 13.8. The Morgan fingerprint density at radius 1 is 1.09 bits per heavy atom. The van der Waals surface area contributed by atoms with Crippen LogP contribution >= 0.6 is 0 Å². The van der Waals surface area contributed by atoms with Crippen molar-refractivity contribution >= 4 is 25.3 Å². The third-order valence-corrected chi connectivity index (χ3v) is 10.5. The highest BCUT2D eigenvalue weighted by Crippen LogP contribution is 2.37. The molecule has 3 rings (SSSR count). The molecule has 0 unspecified atom stereocenters. The van der Waals surface area contributed by atoms with Crippen LogP contribution in [0.25, 0.3) is 16.7 Å². The molecule has 6 nitrogen and oxygen atoms in total. The highest BCUT2D eigenvalue weighted by atomic mass is 28.4. The Morgan fingerprint density at radius 3 is 2.28 bits per heavy atom. The molecule has 1 aromatic heterocycles. The summed E-state index contributed by atoms with van der Waals surface area (Å²) < 4.78 is 11.8. The van der Waals surface area contributed by atoms with Gasteiger partial charge in [-0.3, -0.25) is 0 Å². The Hall–Kier alpha value is -2.77. The van der Waals surface area contributed by atoms with Gasteiger partial charge in [-0.2, -0.15) is 4.80 Å². The van der Waals surface area contributed by atoms with E-state index < -0.39 is 8.32 Å². The number of benzene rings is 2. The Kier molecular flexibility index (Phi) is 7.00. The van der Waals surface area contributed by atoms with Crippen molar-refractivity contribution in [2.45, 2.75) is 58.9 Å². The number of nitrogens with zero attached hydrogens (tertiary/aromatic N) is 3. The Bertz CT molecular complexity index is 1100. The highest BCUT2D eigenvalue weighted by molar-refractivity contribution is 6.74. The number of rotatable bonds is 8. The fourth-order valence-electron chi connectivity index (χ4n) is 2.90. The first-order valence-electron chi connectivity index (χ1n) is 10.9. The van der Waals surface area contributed by atoms with Crippen LogP contribution in [0, 0.1) is 0 Å². The topological polar surface area (TPSA) is 66.2 Å². The van der Waals surface area contributed by atoms with Crippen LogP contribution in [0.1, 0.15) is 38.8 Å². The Morgan fingerprint density at radius 2 is 1.72 bits per heavy atom. The summed E-state index contributed by atoms with van der Waals surface area (Å²) in [6.45, 7) is 17.2. The van der Waals surface area contributed by atoms with Crippen LogP contribution in [0.2, 0.25) is 18.1 Å². The standard InChI is InChI=1S/C25H33N3O3Si/c1-18(2)24(29)30-15-14-19-12-13-20(17-31-32(6,7)25(3,4)5)23(16-19)28-26-21-10-8-9-11-22(21)27-28/h8-13,16H,1,14-15,17H2,2-7H3. The van der Waals surface area contributed by atoms with Crippen molar-refractivity contribution in [2.75, 3.05) is 6.61 Å². The molecule has 1 heterocycles. The van der Waals surface area contributed by atoms with Crippen molar-refractivity contribution in [1.82, 2.24) is 15.0 Å². The van der Waals surface area contributed by atoms with E-state index in [0.717, 1.165) is 27.8 Å². The molecule has 7 heteroatoms. The van der Waals surface area contributed by atoms with Crippen molar-refractivity contribution in [3.63, 3.8) is 0 Å². The number of aromatic nitrogens is 3. The lowest BCUT2D eigenvalue weighted by atomic mass is 10.1. The van der Waals surface area contributed by atoms with Gasteiger partial charge in [0.2, 0.25) is 0 Å². The van der Waals surface area contributed by atoms with Crippen LogP contribution in [-0.2, 0) is 27.0 Å². The maximum absolute atomic E-state index is 11.7. The second-order valence-corrected chi connectivity index (χ2v) is 14.5. The lowest BCUT2D eigenvalue weighted by Gasteiger charge is -2.36. The van der Waals surface area contributed by atoms with E-state index in [2.05, 4.69) is 62.8 Å². The SMILES string of the molecule is C=C(C)C(=O)OCCc1ccc(CO[Si](C)(C)C(C)(C)C)c(-n2nc3ccccc3n2)c1. The van der Waals surface area contributed by atoms with Crippen LogP contribution in [0.4, 0.5) is 0 Å². The largest absolute Gasteiger partial charge is 0.462 e. The smallest absolute Gasteiger partial charge is 0.333 e. The molecule has 0 N–H and O–H groups in total. The van der Waals surface area contributed by atoms with Gasteiger partial charge in [-0.25, -0.2) is 4.79 Å². The average Bonchev–Trinajstić information content (AvgIpc) is 3.15. The van der Waals surface area contributed by atoms with E-state index in [-0.39, 0.29) is 11.0 Å². The van der Waals surface area contributed by atoms with E-state index in [1.807, 2.05) is 30.3 Å². The Labute approximate surface area is 191 Å². The van der Waals surface area contributed by atoms with Gasteiger partial charge in [-0.15, -0.1) is 10.2 Å². The van der Waals surface area contributed by atoms with Crippen LogP contribution < -0.4 is 0 Å². The summed E-state index contributed by atoms with van der Waals surface area (Å²) in [5, 5.41) is 9.47. The molecule has 0 amide bonds. The molecule has 0 aliphatic rings. The fraction of sp³-hybridized carbons (Fsp3) is 0.400. The molecular weight excluding hydrogens is 418 g/mol. The van der Waals surface area contributed by atoms with E-state index in [0.29, 0.717) is 25.2 Å². The molecule has 0 bridgehead atoms. The van der Waals surface area contributed by atoms with Gasteiger partial charge in [0.1, 0.15) is 11.0 Å². The monoisotopic (exact) mass is 451 g/mol. The van der Waals surface area contributed by atoms with Gasteiger partial charge in [-0.1, -0.05) is 51.6 Å². The molecule has 32 heavy (non-hydrogen) atoms. The lowest BCUT2D eigenvalue weighted by Crippen LogP contribution is -2.40. The van der Waals surface area contributed by atoms with Crippen LogP contribution in [0.3, 0.4) is 0 Å². The minimum Gasteiger partial charge on any atom is -0.462 e. The number of hydrogen-bond donors (Lipinski definition) is 0. The summed E-state index contributed by atoms with van der Waals surface area (Å²) in [4.78, 5) is 13.4. The molecule has 0 radical (unpaired) electrons. The Balaban J connectivity index is 1.90. The number of carbonyl (C=O) groups is 1. The van der Waals surface area contributed by atoms with Gasteiger partial charge in [0.05, 0.1) is 18.9 Å². The van der Waals surface area contributed by atoms with Gasteiger partial charge in [-0.05, 0) is 48.8 Å². The average molecular weight is 452 g/mol. The quantitative estimate of drug-likeness (QED) is 0.253. The van der Waals surface area contributed by atoms with Crippen LogP contribution in [0.5, 0.6) is 0 Å². The zero-order chi connectivity index (χ0) is 23.5. The minimum atomic E-state index is -1.92. The third kappa shape index (κ3) is 5.52. The van der Waals surface area contributed by atoms with Crippen molar-refractivity contribution in [3.05, 3.63) is 65.7 Å². The van der Waals surface area contributed by atoms with Gasteiger partial charge >= 0.3 is 5.97 Å². The van der Waals surface area contributed by atoms with Gasteiger partial charge in [0.25, 0.3) is 0 Å². The van der Waals surface area contributed by atoms with Gasteiger partial charge < -0.3 is 9.16 Å². The van der Waals surface area contributed by atoms with E-state index in [1.54, 1.807) is 11.7 Å². The summed E-state index contributed by atoms with van der Waals surface area (Å²) >= 11 is 0. The number of hydrogen-bond acceptors (Lipinski definition) is 5. The number of fused-ring (bicyclic) bond motifs is 1. The lowest BCUT2D eigenvalue weighted by molar-refractivity contribution is -0.138. The van der Waals surface area contributed by atoms with E-state index >= 15 is 0 Å². The zero-order valence-corrected chi connectivity index (χ0v) is 20.9. The molecule has 2 aromatic carbocycles. The highest BCUT2D eigenvalue weighted by Gasteiger charge is 2.37. The van der Waals surface area contributed by atoms with Crippen molar-refractivity contribution in [3.8, 4) is 5.69 Å². The summed E-state index contributed by atoms with van der Waals surface area (Å²) in [7, 11) is -1.92. The first-order chi connectivity index (χ1) is 15.0. The molecule has 0 spiro atoms. The fourth-order valence-corrected chi connectivity index (χ4v) is 3.85. The molecule has 0 saturated heterocycles. The zero-order valence-electron chi connectivity index (χ0n) is 19.9. The molecule has 3 aromatic rings. The van der Waals surface area contributed by atoms with Crippen molar-refractivity contribution in [2.24, 2.45) is 0 Å². The van der Waals surface area contributed by atoms with E-state index in [9.17, 15) is 4.79 Å². The summed E-state index contributed by atoms with van der Waals surface area (Å²) in [6, 6.07) is 14.0. The molecule has 0 atom stereocenters.